The maximum atomic E-state index is 6.30. The zero-order valence-corrected chi connectivity index (χ0v) is 15.8. The van der Waals surface area contributed by atoms with Crippen LogP contribution in [0.25, 0.3) is 11.3 Å². The summed E-state index contributed by atoms with van der Waals surface area (Å²) in [4.78, 5) is 0. The molecule has 0 amide bonds. The molecule has 0 saturated heterocycles. The van der Waals surface area contributed by atoms with Crippen molar-refractivity contribution in [1.29, 1.82) is 0 Å². The van der Waals surface area contributed by atoms with Gasteiger partial charge in [0.25, 0.3) is 0 Å². The van der Waals surface area contributed by atoms with Gasteiger partial charge in [0.2, 0.25) is 0 Å². The minimum atomic E-state index is 0.482. The molecular weight excluding hydrogens is 353 g/mol. The quantitative estimate of drug-likeness (QED) is 0.771. The number of benzene rings is 1. The van der Waals surface area contributed by atoms with Gasteiger partial charge in [-0.15, -0.1) is 0 Å². The first-order valence-electron chi connectivity index (χ1n) is 9.47. The van der Waals surface area contributed by atoms with Gasteiger partial charge in [0.1, 0.15) is 12.3 Å². The molecule has 0 unspecified atom stereocenters. The molecule has 0 atom stereocenters. The third-order valence-corrected chi connectivity index (χ3v) is 7.24. The first-order chi connectivity index (χ1) is 12.1. The molecule has 4 bridgehead atoms. The zero-order chi connectivity index (χ0) is 17.0. The SMILES string of the molecule is Clc1ccc(Cl)c(-c2ccc(C[NH2+]C34CC5CC(CC(C5)C3)C4)o2)c1. The number of halogens is 2. The number of hydrogen-bond acceptors (Lipinski definition) is 1. The second kappa shape index (κ2) is 6.04. The predicted molar refractivity (Wildman–Crippen MR) is 101 cm³/mol. The molecule has 4 aliphatic carbocycles. The van der Waals surface area contributed by atoms with Crippen LogP contribution in [0.3, 0.4) is 0 Å². The Bertz CT molecular complexity index is 762. The molecular formula is C21H24Cl2NO+. The maximum absolute atomic E-state index is 6.30. The van der Waals surface area contributed by atoms with Crippen LogP contribution < -0.4 is 5.32 Å². The highest BCUT2D eigenvalue weighted by Crippen LogP contribution is 2.54. The number of hydrogen-bond donors (Lipinski definition) is 1. The summed E-state index contributed by atoms with van der Waals surface area (Å²) < 4.78 is 6.09. The molecule has 1 heterocycles. The zero-order valence-electron chi connectivity index (χ0n) is 14.3. The Balaban J connectivity index is 1.31. The van der Waals surface area contributed by atoms with Crippen molar-refractivity contribution in [2.75, 3.05) is 0 Å². The Morgan fingerprint density at radius 2 is 1.64 bits per heavy atom. The molecule has 2 nitrogen and oxygen atoms in total. The molecule has 0 aliphatic heterocycles. The van der Waals surface area contributed by atoms with Crippen LogP contribution in [0.4, 0.5) is 0 Å². The second-order valence-electron chi connectivity index (χ2n) is 8.58. The lowest BCUT2D eigenvalue weighted by atomic mass is 9.53. The Morgan fingerprint density at radius 3 is 2.32 bits per heavy atom. The van der Waals surface area contributed by atoms with Crippen molar-refractivity contribution >= 4 is 23.2 Å². The summed E-state index contributed by atoms with van der Waals surface area (Å²) in [5, 5.41) is 3.94. The topological polar surface area (TPSA) is 29.8 Å². The molecule has 1 aromatic heterocycles. The van der Waals surface area contributed by atoms with Gasteiger partial charge in [-0.25, -0.2) is 0 Å². The van der Waals surface area contributed by atoms with E-state index in [0.717, 1.165) is 41.4 Å². The van der Waals surface area contributed by atoms with Gasteiger partial charge in [0.15, 0.2) is 5.76 Å². The molecule has 6 rings (SSSR count). The van der Waals surface area contributed by atoms with E-state index in [1.807, 2.05) is 18.2 Å². The maximum Gasteiger partial charge on any atom is 0.158 e. The standard InChI is InChI=1S/C21H23Cl2NO/c22-16-1-3-19(23)18(8-16)20-4-2-17(25-20)12-24-21-9-13-5-14(10-21)7-15(6-13)11-21/h1-4,8,13-15,24H,5-7,9-12H2/p+1. The predicted octanol–water partition coefficient (Wildman–Crippen LogP) is 5.29. The summed E-state index contributed by atoms with van der Waals surface area (Å²) in [5.74, 6) is 4.79. The van der Waals surface area contributed by atoms with Crippen molar-refractivity contribution in [3.05, 3.63) is 46.1 Å². The average molecular weight is 377 g/mol. The lowest BCUT2D eigenvalue weighted by Crippen LogP contribution is -2.97. The Kier molecular flexibility index (Phi) is 3.92. The molecule has 0 radical (unpaired) electrons. The molecule has 2 aromatic rings. The van der Waals surface area contributed by atoms with Crippen LogP contribution in [0.1, 0.15) is 44.3 Å². The fraction of sp³-hybridized carbons (Fsp3) is 0.524. The van der Waals surface area contributed by atoms with Crippen molar-refractivity contribution in [1.82, 2.24) is 0 Å². The second-order valence-corrected chi connectivity index (χ2v) is 9.42. The van der Waals surface area contributed by atoms with E-state index in [1.54, 1.807) is 6.07 Å². The molecule has 132 valence electrons. The van der Waals surface area contributed by atoms with E-state index in [9.17, 15) is 0 Å². The van der Waals surface area contributed by atoms with Gasteiger partial charge in [-0.3, -0.25) is 0 Å². The summed E-state index contributed by atoms with van der Waals surface area (Å²) in [7, 11) is 0. The minimum Gasteiger partial charge on any atom is -0.455 e. The van der Waals surface area contributed by atoms with Gasteiger partial charge in [0, 0.05) is 29.8 Å². The van der Waals surface area contributed by atoms with Crippen LogP contribution in [0.15, 0.2) is 34.7 Å². The fourth-order valence-corrected chi connectivity index (χ4v) is 6.45. The lowest BCUT2D eigenvalue weighted by molar-refractivity contribution is -0.754. The van der Waals surface area contributed by atoms with Crippen LogP contribution in [0, 0.1) is 17.8 Å². The summed E-state index contributed by atoms with van der Waals surface area (Å²) in [6, 6.07) is 9.60. The van der Waals surface area contributed by atoms with Gasteiger partial charge < -0.3 is 9.73 Å². The van der Waals surface area contributed by atoms with Gasteiger partial charge in [-0.2, -0.15) is 0 Å². The number of rotatable bonds is 4. The monoisotopic (exact) mass is 376 g/mol. The van der Waals surface area contributed by atoms with E-state index in [4.69, 9.17) is 27.6 Å². The highest BCUT2D eigenvalue weighted by atomic mass is 35.5. The number of nitrogens with two attached hydrogens (primary N) is 1. The molecule has 2 N–H and O–H groups in total. The van der Waals surface area contributed by atoms with E-state index in [0.29, 0.717) is 15.6 Å². The Morgan fingerprint density at radius 1 is 0.960 bits per heavy atom. The number of quaternary nitrogens is 1. The first-order valence-corrected chi connectivity index (χ1v) is 10.2. The van der Waals surface area contributed by atoms with Gasteiger partial charge in [0.05, 0.1) is 10.6 Å². The average Bonchev–Trinajstić information content (AvgIpc) is 3.03. The lowest BCUT2D eigenvalue weighted by Gasteiger charge is -2.54. The van der Waals surface area contributed by atoms with E-state index >= 15 is 0 Å². The fourth-order valence-electron chi connectivity index (χ4n) is 6.06. The van der Waals surface area contributed by atoms with Crippen LogP contribution in [-0.4, -0.2) is 5.54 Å². The van der Waals surface area contributed by atoms with Crippen molar-refractivity contribution in [2.45, 2.75) is 50.6 Å². The molecule has 25 heavy (non-hydrogen) atoms. The smallest absolute Gasteiger partial charge is 0.158 e. The van der Waals surface area contributed by atoms with E-state index in [2.05, 4.69) is 11.4 Å². The van der Waals surface area contributed by atoms with Gasteiger partial charge in [-0.1, -0.05) is 23.2 Å². The van der Waals surface area contributed by atoms with Crippen molar-refractivity contribution in [3.63, 3.8) is 0 Å². The Labute approximate surface area is 158 Å². The first kappa shape index (κ1) is 16.2. The largest absolute Gasteiger partial charge is 0.455 e. The molecule has 1 aromatic carbocycles. The highest BCUT2D eigenvalue weighted by Gasteiger charge is 2.53. The van der Waals surface area contributed by atoms with Crippen molar-refractivity contribution in [2.24, 2.45) is 17.8 Å². The van der Waals surface area contributed by atoms with Crippen LogP contribution >= 0.6 is 23.2 Å². The van der Waals surface area contributed by atoms with Gasteiger partial charge >= 0.3 is 0 Å². The molecule has 0 spiro atoms. The number of furan rings is 1. The van der Waals surface area contributed by atoms with Crippen molar-refractivity contribution < 1.29 is 9.73 Å². The van der Waals surface area contributed by atoms with E-state index in [1.165, 1.54) is 38.5 Å². The third-order valence-electron chi connectivity index (χ3n) is 6.68. The van der Waals surface area contributed by atoms with Crippen LogP contribution in [0.2, 0.25) is 10.0 Å². The van der Waals surface area contributed by atoms with Crippen LogP contribution in [-0.2, 0) is 6.54 Å². The highest BCUT2D eigenvalue weighted by molar-refractivity contribution is 6.35. The van der Waals surface area contributed by atoms with Gasteiger partial charge in [-0.05, 0) is 67.3 Å². The molecule has 4 aliphatic rings. The summed E-state index contributed by atoms with van der Waals surface area (Å²) in [6.45, 7) is 0.921. The normalized spacial score (nSPS) is 33.1. The molecule has 4 heteroatoms. The van der Waals surface area contributed by atoms with Crippen molar-refractivity contribution in [3.8, 4) is 11.3 Å². The van der Waals surface area contributed by atoms with E-state index < -0.39 is 0 Å². The summed E-state index contributed by atoms with van der Waals surface area (Å²) in [5.41, 5.74) is 1.35. The summed E-state index contributed by atoms with van der Waals surface area (Å²) in [6.07, 6.45) is 8.70. The molecule has 4 saturated carbocycles. The Hall–Kier alpha value is -0.960. The minimum absolute atomic E-state index is 0.482. The summed E-state index contributed by atoms with van der Waals surface area (Å²) >= 11 is 12.4. The van der Waals surface area contributed by atoms with Crippen LogP contribution in [0.5, 0.6) is 0 Å². The molecule has 4 fully saturated rings. The van der Waals surface area contributed by atoms with E-state index in [-0.39, 0.29) is 0 Å². The third kappa shape index (κ3) is 3.03.